The summed E-state index contributed by atoms with van der Waals surface area (Å²) in [4.78, 5) is 11.2. The highest BCUT2D eigenvalue weighted by Gasteiger charge is 2.21. The van der Waals surface area contributed by atoms with Crippen LogP contribution >= 0.6 is 11.8 Å². The zero-order valence-electron chi connectivity index (χ0n) is 10.7. The number of thioether (sulfide) groups is 1. The number of hydrogen-bond acceptors (Lipinski definition) is 5. The molecule has 2 rings (SSSR count). The van der Waals surface area contributed by atoms with E-state index in [0.717, 1.165) is 17.9 Å². The lowest BCUT2D eigenvalue weighted by Crippen LogP contribution is -2.05. The Morgan fingerprint density at radius 3 is 2.84 bits per heavy atom. The van der Waals surface area contributed by atoms with E-state index in [2.05, 4.69) is 6.92 Å². The van der Waals surface area contributed by atoms with Gasteiger partial charge in [0.15, 0.2) is 11.5 Å². The van der Waals surface area contributed by atoms with Gasteiger partial charge in [0, 0.05) is 12.1 Å². The highest BCUT2D eigenvalue weighted by molar-refractivity contribution is 7.99. The summed E-state index contributed by atoms with van der Waals surface area (Å²) >= 11 is 1.83. The predicted octanol–water partition coefficient (Wildman–Crippen LogP) is 2.64. The zero-order valence-corrected chi connectivity index (χ0v) is 11.5. The fourth-order valence-corrected chi connectivity index (χ4v) is 2.31. The molecule has 5 nitrogen and oxygen atoms in total. The summed E-state index contributed by atoms with van der Waals surface area (Å²) in [5, 5.41) is 9.16. The third-order valence-corrected chi connectivity index (χ3v) is 3.59. The number of rotatable bonds is 7. The van der Waals surface area contributed by atoms with Crippen molar-refractivity contribution in [2.45, 2.75) is 13.3 Å². The maximum Gasteiger partial charge on any atom is 0.339 e. The predicted molar refractivity (Wildman–Crippen MR) is 72.6 cm³/mol. The summed E-state index contributed by atoms with van der Waals surface area (Å²) in [5.41, 5.74) is 0.104. The fourth-order valence-electron chi connectivity index (χ4n) is 1.70. The molecule has 0 spiro atoms. The van der Waals surface area contributed by atoms with Crippen LogP contribution in [0.15, 0.2) is 12.1 Å². The molecule has 0 bridgehead atoms. The van der Waals surface area contributed by atoms with Gasteiger partial charge in [-0.05, 0) is 17.9 Å². The minimum absolute atomic E-state index is 0.104. The van der Waals surface area contributed by atoms with E-state index in [1.165, 1.54) is 6.07 Å². The summed E-state index contributed by atoms with van der Waals surface area (Å²) < 4.78 is 15.9. The van der Waals surface area contributed by atoms with E-state index >= 15 is 0 Å². The zero-order chi connectivity index (χ0) is 13.7. The molecule has 1 heterocycles. The van der Waals surface area contributed by atoms with Crippen LogP contribution in [-0.4, -0.2) is 36.0 Å². The van der Waals surface area contributed by atoms with Crippen LogP contribution in [0.25, 0.3) is 0 Å². The number of carboxylic acid groups (broad SMARTS) is 1. The average Bonchev–Trinajstić information content (AvgIpc) is 2.84. The van der Waals surface area contributed by atoms with E-state index < -0.39 is 5.97 Å². The molecule has 0 saturated carbocycles. The number of aromatic carboxylic acids is 1. The molecule has 0 amide bonds. The molecule has 0 aliphatic carbocycles. The Kier molecular flexibility index (Phi) is 4.79. The van der Waals surface area contributed by atoms with Gasteiger partial charge in [0.1, 0.15) is 11.3 Å². The molecule has 0 saturated heterocycles. The monoisotopic (exact) mass is 284 g/mol. The molecule has 1 aromatic carbocycles. The molecule has 6 heteroatoms. The van der Waals surface area contributed by atoms with Crippen LogP contribution in [0.5, 0.6) is 17.2 Å². The van der Waals surface area contributed by atoms with Gasteiger partial charge in [0.25, 0.3) is 0 Å². The summed E-state index contributed by atoms with van der Waals surface area (Å²) in [6.07, 6.45) is 0.881. The van der Waals surface area contributed by atoms with Crippen molar-refractivity contribution in [2.24, 2.45) is 0 Å². The fraction of sp³-hybridized carbons (Fsp3) is 0.462. The molecule has 104 valence electrons. The number of ether oxygens (including phenoxy) is 3. The SMILES string of the molecule is CCSCCCOc1cc2c(cc1C(=O)O)OCO2. The van der Waals surface area contributed by atoms with Crippen LogP contribution in [0, 0.1) is 0 Å². The van der Waals surface area contributed by atoms with E-state index in [1.54, 1.807) is 6.07 Å². The topological polar surface area (TPSA) is 65.0 Å². The number of fused-ring (bicyclic) bond motifs is 1. The molecular weight excluding hydrogens is 268 g/mol. The van der Waals surface area contributed by atoms with Crippen molar-refractivity contribution < 1.29 is 24.1 Å². The van der Waals surface area contributed by atoms with Crippen LogP contribution in [0.3, 0.4) is 0 Å². The van der Waals surface area contributed by atoms with E-state index in [4.69, 9.17) is 19.3 Å². The number of benzene rings is 1. The van der Waals surface area contributed by atoms with Crippen molar-refractivity contribution >= 4 is 17.7 Å². The van der Waals surface area contributed by atoms with Crippen molar-refractivity contribution in [2.75, 3.05) is 24.9 Å². The average molecular weight is 284 g/mol. The van der Waals surface area contributed by atoms with Gasteiger partial charge >= 0.3 is 5.97 Å². The smallest absolute Gasteiger partial charge is 0.339 e. The first-order valence-electron chi connectivity index (χ1n) is 6.10. The quantitative estimate of drug-likeness (QED) is 0.776. The second kappa shape index (κ2) is 6.56. The highest BCUT2D eigenvalue weighted by Crippen LogP contribution is 2.38. The van der Waals surface area contributed by atoms with E-state index in [-0.39, 0.29) is 12.4 Å². The summed E-state index contributed by atoms with van der Waals surface area (Å²) in [5.74, 6) is 2.36. The minimum Gasteiger partial charge on any atom is -0.493 e. The summed E-state index contributed by atoms with van der Waals surface area (Å²) in [7, 11) is 0. The first kappa shape index (κ1) is 13.9. The molecule has 1 aromatic rings. The summed E-state index contributed by atoms with van der Waals surface area (Å²) in [6.45, 7) is 2.71. The molecule has 1 aliphatic rings. The lowest BCUT2D eigenvalue weighted by Gasteiger charge is -2.10. The second-order valence-corrected chi connectivity index (χ2v) is 5.30. The van der Waals surface area contributed by atoms with Crippen LogP contribution in [0.2, 0.25) is 0 Å². The van der Waals surface area contributed by atoms with Crippen molar-refractivity contribution in [3.63, 3.8) is 0 Å². The normalized spacial score (nSPS) is 12.5. The molecule has 19 heavy (non-hydrogen) atoms. The standard InChI is InChI=1S/C13H16O5S/c1-2-19-5-3-4-16-10-7-12-11(17-8-18-12)6-9(10)13(14)15/h6-7H,2-5,8H2,1H3,(H,14,15). The Morgan fingerprint density at radius 2 is 2.16 bits per heavy atom. The van der Waals surface area contributed by atoms with Gasteiger partial charge in [-0.3, -0.25) is 0 Å². The van der Waals surface area contributed by atoms with Gasteiger partial charge < -0.3 is 19.3 Å². The molecule has 0 aromatic heterocycles. The molecule has 1 N–H and O–H groups in total. The molecule has 0 atom stereocenters. The third-order valence-electron chi connectivity index (χ3n) is 2.60. The van der Waals surface area contributed by atoms with Gasteiger partial charge in [-0.25, -0.2) is 4.79 Å². The maximum atomic E-state index is 11.2. The van der Waals surface area contributed by atoms with Gasteiger partial charge in [0.05, 0.1) is 6.61 Å². The van der Waals surface area contributed by atoms with Crippen molar-refractivity contribution in [3.05, 3.63) is 17.7 Å². The van der Waals surface area contributed by atoms with E-state index in [1.807, 2.05) is 11.8 Å². The van der Waals surface area contributed by atoms with Gasteiger partial charge in [-0.1, -0.05) is 6.92 Å². The lowest BCUT2D eigenvalue weighted by molar-refractivity contribution is 0.0692. The largest absolute Gasteiger partial charge is 0.493 e. The van der Waals surface area contributed by atoms with Gasteiger partial charge in [0.2, 0.25) is 6.79 Å². The van der Waals surface area contributed by atoms with Crippen LogP contribution in [-0.2, 0) is 0 Å². The molecule has 1 aliphatic heterocycles. The van der Waals surface area contributed by atoms with E-state index in [9.17, 15) is 4.79 Å². The molecule has 0 radical (unpaired) electrons. The first-order valence-corrected chi connectivity index (χ1v) is 7.25. The Balaban J connectivity index is 2.03. The lowest BCUT2D eigenvalue weighted by atomic mass is 10.2. The Labute approximate surface area is 115 Å². The van der Waals surface area contributed by atoms with Crippen LogP contribution in [0.4, 0.5) is 0 Å². The first-order chi connectivity index (χ1) is 9.22. The van der Waals surface area contributed by atoms with Crippen LogP contribution in [0.1, 0.15) is 23.7 Å². The number of carboxylic acids is 1. The Bertz CT molecular complexity index is 461. The number of hydrogen-bond donors (Lipinski definition) is 1. The van der Waals surface area contributed by atoms with Crippen molar-refractivity contribution in [3.8, 4) is 17.2 Å². The Morgan fingerprint density at radius 1 is 1.42 bits per heavy atom. The minimum atomic E-state index is -1.03. The molecule has 0 fully saturated rings. The maximum absolute atomic E-state index is 11.2. The van der Waals surface area contributed by atoms with Gasteiger partial charge in [-0.15, -0.1) is 0 Å². The highest BCUT2D eigenvalue weighted by atomic mass is 32.2. The third kappa shape index (κ3) is 3.47. The van der Waals surface area contributed by atoms with Crippen LogP contribution < -0.4 is 14.2 Å². The summed E-state index contributed by atoms with van der Waals surface area (Å²) in [6, 6.07) is 3.03. The Hall–Kier alpha value is -1.56. The second-order valence-electron chi connectivity index (χ2n) is 3.91. The van der Waals surface area contributed by atoms with Crippen molar-refractivity contribution in [1.29, 1.82) is 0 Å². The molecule has 0 unspecified atom stereocenters. The van der Waals surface area contributed by atoms with E-state index in [0.29, 0.717) is 23.9 Å². The van der Waals surface area contributed by atoms with Crippen molar-refractivity contribution in [1.82, 2.24) is 0 Å². The number of carbonyl (C=O) groups is 1. The van der Waals surface area contributed by atoms with Gasteiger partial charge in [-0.2, -0.15) is 11.8 Å². The molecular formula is C13H16O5S.